The summed E-state index contributed by atoms with van der Waals surface area (Å²) in [6.45, 7) is 0.799. The minimum Gasteiger partial charge on any atom is -0.493 e. The summed E-state index contributed by atoms with van der Waals surface area (Å²) < 4.78 is 7.65. The molecule has 19 heavy (non-hydrogen) atoms. The van der Waals surface area contributed by atoms with E-state index in [1.807, 2.05) is 25.5 Å². The zero-order chi connectivity index (χ0) is 12.8. The van der Waals surface area contributed by atoms with Gasteiger partial charge in [0, 0.05) is 31.4 Å². The minimum absolute atomic E-state index is 0.799. The fourth-order valence-electron chi connectivity index (χ4n) is 2.66. The average Bonchev–Trinajstić information content (AvgIpc) is 3.05. The van der Waals surface area contributed by atoms with Crippen LogP contribution in [0.15, 0.2) is 42.7 Å². The second kappa shape index (κ2) is 3.85. The lowest BCUT2D eigenvalue weighted by molar-refractivity contribution is 0.357. The number of pyridine rings is 1. The maximum atomic E-state index is 5.55. The molecular formula is C16H14N2O. The first-order chi connectivity index (χ1) is 9.31. The van der Waals surface area contributed by atoms with E-state index < -0.39 is 0 Å². The van der Waals surface area contributed by atoms with Crippen molar-refractivity contribution in [3.8, 4) is 16.9 Å². The Labute approximate surface area is 111 Å². The summed E-state index contributed by atoms with van der Waals surface area (Å²) in [6.07, 6.45) is 4.99. The van der Waals surface area contributed by atoms with Crippen LogP contribution in [0.3, 0.4) is 0 Å². The first-order valence-electron chi connectivity index (χ1n) is 6.48. The second-order valence-corrected chi connectivity index (χ2v) is 4.98. The molecule has 0 atom stereocenters. The summed E-state index contributed by atoms with van der Waals surface area (Å²) in [7, 11) is 2.05. The van der Waals surface area contributed by atoms with Crippen LogP contribution in [0.2, 0.25) is 0 Å². The van der Waals surface area contributed by atoms with Crippen LogP contribution in [0.4, 0.5) is 0 Å². The molecule has 0 aliphatic carbocycles. The number of aromatic nitrogens is 2. The van der Waals surface area contributed by atoms with Gasteiger partial charge in [0.05, 0.1) is 17.6 Å². The van der Waals surface area contributed by atoms with Gasteiger partial charge in [-0.1, -0.05) is 6.07 Å². The lowest BCUT2D eigenvalue weighted by Crippen LogP contribution is -1.87. The molecule has 1 aromatic carbocycles. The van der Waals surface area contributed by atoms with Gasteiger partial charge < -0.3 is 9.30 Å². The molecular weight excluding hydrogens is 236 g/mol. The van der Waals surface area contributed by atoms with Crippen molar-refractivity contribution in [2.75, 3.05) is 6.61 Å². The first kappa shape index (κ1) is 10.6. The lowest BCUT2D eigenvalue weighted by Gasteiger charge is -2.05. The number of fused-ring (bicyclic) bond motifs is 2. The number of hydrogen-bond donors (Lipinski definition) is 0. The van der Waals surface area contributed by atoms with Crippen molar-refractivity contribution >= 4 is 11.0 Å². The monoisotopic (exact) mass is 250 g/mol. The molecule has 3 heteroatoms. The molecule has 0 spiro atoms. The molecule has 3 nitrogen and oxygen atoms in total. The third kappa shape index (κ3) is 1.62. The molecule has 94 valence electrons. The third-order valence-electron chi connectivity index (χ3n) is 3.76. The van der Waals surface area contributed by atoms with Crippen LogP contribution in [0, 0.1) is 0 Å². The Kier molecular flexibility index (Phi) is 2.15. The van der Waals surface area contributed by atoms with E-state index >= 15 is 0 Å². The summed E-state index contributed by atoms with van der Waals surface area (Å²) in [5.74, 6) is 1.02. The highest BCUT2D eigenvalue weighted by atomic mass is 16.5. The van der Waals surface area contributed by atoms with Gasteiger partial charge in [-0.15, -0.1) is 0 Å². The topological polar surface area (TPSA) is 27.1 Å². The van der Waals surface area contributed by atoms with E-state index in [2.05, 4.69) is 33.8 Å². The highest BCUT2D eigenvalue weighted by Gasteiger charge is 2.13. The van der Waals surface area contributed by atoms with E-state index in [4.69, 9.17) is 4.74 Å². The molecule has 0 bridgehead atoms. The Balaban J connectivity index is 1.87. The van der Waals surface area contributed by atoms with Crippen molar-refractivity contribution in [3.05, 3.63) is 48.3 Å². The fourth-order valence-corrected chi connectivity index (χ4v) is 2.66. The Bertz CT molecular complexity index is 774. The molecule has 3 heterocycles. The van der Waals surface area contributed by atoms with E-state index in [1.54, 1.807) is 0 Å². The minimum atomic E-state index is 0.799. The van der Waals surface area contributed by atoms with E-state index in [0.717, 1.165) is 35.4 Å². The van der Waals surface area contributed by atoms with Crippen LogP contribution in [-0.2, 0) is 13.5 Å². The molecule has 3 aromatic rings. The summed E-state index contributed by atoms with van der Waals surface area (Å²) in [5.41, 5.74) is 5.86. The molecule has 0 unspecified atom stereocenters. The largest absolute Gasteiger partial charge is 0.493 e. The van der Waals surface area contributed by atoms with Crippen LogP contribution < -0.4 is 4.74 Å². The van der Waals surface area contributed by atoms with Crippen LogP contribution in [0.25, 0.3) is 22.2 Å². The Morgan fingerprint density at radius 3 is 3.05 bits per heavy atom. The molecule has 0 radical (unpaired) electrons. The van der Waals surface area contributed by atoms with Crippen LogP contribution >= 0.6 is 0 Å². The van der Waals surface area contributed by atoms with Crippen molar-refractivity contribution in [1.29, 1.82) is 0 Å². The predicted molar refractivity (Wildman–Crippen MR) is 75.3 cm³/mol. The highest BCUT2D eigenvalue weighted by Crippen LogP contribution is 2.31. The van der Waals surface area contributed by atoms with E-state index in [1.165, 1.54) is 11.1 Å². The standard InChI is InChI=1S/C16H14N2O/c1-18-6-4-14-15(18)9-13(10-17-14)11-2-3-16-12(8-11)5-7-19-16/h2-4,6,8-10H,5,7H2,1H3. The normalized spacial score (nSPS) is 13.5. The smallest absolute Gasteiger partial charge is 0.122 e. The van der Waals surface area contributed by atoms with Gasteiger partial charge >= 0.3 is 0 Å². The number of rotatable bonds is 1. The third-order valence-corrected chi connectivity index (χ3v) is 3.76. The van der Waals surface area contributed by atoms with Crippen LogP contribution in [0.1, 0.15) is 5.56 Å². The fraction of sp³-hybridized carbons (Fsp3) is 0.188. The number of ether oxygens (including phenoxy) is 1. The molecule has 0 N–H and O–H groups in total. The SMILES string of the molecule is Cn1ccc2ncc(-c3ccc4c(c3)CCO4)cc21. The van der Waals surface area contributed by atoms with Crippen molar-refractivity contribution < 1.29 is 4.74 Å². The van der Waals surface area contributed by atoms with Crippen molar-refractivity contribution in [1.82, 2.24) is 9.55 Å². The van der Waals surface area contributed by atoms with E-state index in [0.29, 0.717) is 0 Å². The highest BCUT2D eigenvalue weighted by molar-refractivity contribution is 5.81. The van der Waals surface area contributed by atoms with Gasteiger partial charge in [-0.2, -0.15) is 0 Å². The number of hydrogen-bond acceptors (Lipinski definition) is 2. The van der Waals surface area contributed by atoms with E-state index in [9.17, 15) is 0 Å². The molecule has 1 aliphatic heterocycles. The van der Waals surface area contributed by atoms with Gasteiger partial charge in [0.25, 0.3) is 0 Å². The summed E-state index contributed by atoms with van der Waals surface area (Å²) in [4.78, 5) is 4.52. The maximum Gasteiger partial charge on any atom is 0.122 e. The van der Waals surface area contributed by atoms with Gasteiger partial charge in [-0.05, 0) is 35.4 Å². The van der Waals surface area contributed by atoms with Crippen molar-refractivity contribution in [2.45, 2.75) is 6.42 Å². The van der Waals surface area contributed by atoms with Crippen LogP contribution in [0.5, 0.6) is 5.75 Å². The second-order valence-electron chi connectivity index (χ2n) is 4.98. The van der Waals surface area contributed by atoms with Gasteiger partial charge in [-0.3, -0.25) is 4.98 Å². The van der Waals surface area contributed by atoms with Crippen molar-refractivity contribution in [3.63, 3.8) is 0 Å². The van der Waals surface area contributed by atoms with Gasteiger partial charge in [0.1, 0.15) is 5.75 Å². The van der Waals surface area contributed by atoms with Gasteiger partial charge in [-0.25, -0.2) is 0 Å². The summed E-state index contributed by atoms with van der Waals surface area (Å²) in [5, 5.41) is 0. The quantitative estimate of drug-likeness (QED) is 0.663. The van der Waals surface area contributed by atoms with Crippen molar-refractivity contribution in [2.24, 2.45) is 7.05 Å². The molecule has 0 amide bonds. The number of benzene rings is 1. The Hall–Kier alpha value is -2.29. The Morgan fingerprint density at radius 1 is 1.16 bits per heavy atom. The molecule has 0 saturated heterocycles. The number of nitrogens with zero attached hydrogens (tertiary/aromatic N) is 2. The van der Waals surface area contributed by atoms with Gasteiger partial charge in [0.2, 0.25) is 0 Å². The lowest BCUT2D eigenvalue weighted by atomic mass is 10.0. The van der Waals surface area contributed by atoms with E-state index in [-0.39, 0.29) is 0 Å². The number of aryl methyl sites for hydroxylation is 1. The molecule has 0 saturated carbocycles. The van der Waals surface area contributed by atoms with Crippen LogP contribution in [-0.4, -0.2) is 16.2 Å². The first-order valence-corrected chi connectivity index (χ1v) is 6.48. The summed E-state index contributed by atoms with van der Waals surface area (Å²) in [6, 6.07) is 10.6. The zero-order valence-corrected chi connectivity index (χ0v) is 10.8. The maximum absolute atomic E-state index is 5.55. The molecule has 1 aliphatic rings. The predicted octanol–water partition coefficient (Wildman–Crippen LogP) is 3.18. The Morgan fingerprint density at radius 2 is 2.11 bits per heavy atom. The molecule has 0 fully saturated rings. The average molecular weight is 250 g/mol. The molecule has 2 aromatic heterocycles. The molecule has 4 rings (SSSR count). The summed E-state index contributed by atoms with van der Waals surface area (Å²) >= 11 is 0. The zero-order valence-electron chi connectivity index (χ0n) is 10.8. The van der Waals surface area contributed by atoms with Gasteiger partial charge in [0.15, 0.2) is 0 Å².